The van der Waals surface area contributed by atoms with Crippen molar-refractivity contribution in [3.8, 4) is 5.82 Å². The van der Waals surface area contributed by atoms with Gasteiger partial charge in [-0.3, -0.25) is 0 Å². The lowest BCUT2D eigenvalue weighted by Crippen LogP contribution is -2.29. The van der Waals surface area contributed by atoms with Crippen LogP contribution in [0.5, 0.6) is 0 Å². The third-order valence-corrected chi connectivity index (χ3v) is 5.65. The molecule has 0 aliphatic heterocycles. The molecule has 0 radical (unpaired) electrons. The van der Waals surface area contributed by atoms with Gasteiger partial charge in [0.05, 0.1) is 10.6 Å². The maximum absolute atomic E-state index is 13.4. The average Bonchev–Trinajstić information content (AvgIpc) is 2.99. The van der Waals surface area contributed by atoms with E-state index in [1.807, 2.05) is 19.9 Å². The van der Waals surface area contributed by atoms with Gasteiger partial charge in [0, 0.05) is 24.8 Å². The minimum absolute atomic E-state index is 0.0682. The fourth-order valence-corrected chi connectivity index (χ4v) is 4.02. The summed E-state index contributed by atoms with van der Waals surface area (Å²) in [4.78, 5) is 8.27. The zero-order valence-corrected chi connectivity index (χ0v) is 16.6. The third kappa shape index (κ3) is 4.52. The van der Waals surface area contributed by atoms with Crippen molar-refractivity contribution in [2.75, 3.05) is 18.4 Å². The van der Waals surface area contributed by atoms with E-state index in [4.69, 9.17) is 0 Å². The van der Waals surface area contributed by atoms with E-state index >= 15 is 0 Å². The standard InChI is InChI=1S/C18H21FN6O2S/c1-12-4-5-15(19)9-16(12)28(26,27)23-7-6-20-17-10-18(22-11-21-17)25-14(3)8-13(2)24-25/h4-5,8-11,23H,6-7H2,1-3H3,(H,20,21,22). The quantitative estimate of drug-likeness (QED) is 0.585. The molecule has 1 aromatic carbocycles. The van der Waals surface area contributed by atoms with Crippen molar-refractivity contribution in [2.45, 2.75) is 25.7 Å². The first-order valence-corrected chi connectivity index (χ1v) is 10.1. The van der Waals surface area contributed by atoms with Crippen LogP contribution in [0.4, 0.5) is 10.2 Å². The van der Waals surface area contributed by atoms with Crippen molar-refractivity contribution in [3.05, 3.63) is 59.4 Å². The number of halogens is 1. The zero-order chi connectivity index (χ0) is 20.3. The van der Waals surface area contributed by atoms with Crippen molar-refractivity contribution >= 4 is 15.8 Å². The van der Waals surface area contributed by atoms with Crippen LogP contribution < -0.4 is 10.0 Å². The highest BCUT2D eigenvalue weighted by molar-refractivity contribution is 7.89. The normalized spacial score (nSPS) is 11.6. The number of hydrogen-bond acceptors (Lipinski definition) is 6. The lowest BCUT2D eigenvalue weighted by atomic mass is 10.2. The van der Waals surface area contributed by atoms with Gasteiger partial charge in [0.2, 0.25) is 10.0 Å². The first-order valence-electron chi connectivity index (χ1n) is 8.61. The maximum Gasteiger partial charge on any atom is 0.240 e. The van der Waals surface area contributed by atoms with Crippen molar-refractivity contribution in [2.24, 2.45) is 0 Å². The van der Waals surface area contributed by atoms with E-state index in [0.717, 1.165) is 17.5 Å². The van der Waals surface area contributed by atoms with Crippen LogP contribution in [0.25, 0.3) is 5.82 Å². The molecular formula is C18H21FN6O2S. The predicted octanol–water partition coefficient (Wildman–Crippen LogP) is 2.12. The van der Waals surface area contributed by atoms with Gasteiger partial charge in [0.15, 0.2) is 5.82 Å². The van der Waals surface area contributed by atoms with Gasteiger partial charge in [0.25, 0.3) is 0 Å². The van der Waals surface area contributed by atoms with E-state index < -0.39 is 15.8 Å². The Balaban J connectivity index is 1.62. The maximum atomic E-state index is 13.4. The Kier molecular flexibility index (Phi) is 5.71. The highest BCUT2D eigenvalue weighted by Gasteiger charge is 2.17. The molecule has 0 aliphatic rings. The summed E-state index contributed by atoms with van der Waals surface area (Å²) in [5, 5.41) is 7.41. The Morgan fingerprint density at radius 1 is 1.07 bits per heavy atom. The Hall–Kier alpha value is -2.85. The van der Waals surface area contributed by atoms with E-state index in [1.54, 1.807) is 17.7 Å². The summed E-state index contributed by atoms with van der Waals surface area (Å²) in [6, 6.07) is 7.34. The molecule has 0 saturated carbocycles. The highest BCUT2D eigenvalue weighted by atomic mass is 32.2. The van der Waals surface area contributed by atoms with Crippen LogP contribution in [0.3, 0.4) is 0 Å². The minimum Gasteiger partial charge on any atom is -0.369 e. The fraction of sp³-hybridized carbons (Fsp3) is 0.278. The highest BCUT2D eigenvalue weighted by Crippen LogP contribution is 2.16. The average molecular weight is 404 g/mol. The Labute approximate surface area is 162 Å². The van der Waals surface area contributed by atoms with Gasteiger partial charge in [-0.05, 0) is 44.5 Å². The number of hydrogen-bond donors (Lipinski definition) is 2. The smallest absolute Gasteiger partial charge is 0.240 e. The van der Waals surface area contributed by atoms with E-state index in [2.05, 4.69) is 25.1 Å². The van der Waals surface area contributed by atoms with Gasteiger partial charge in [-0.15, -0.1) is 0 Å². The molecule has 2 N–H and O–H groups in total. The molecule has 3 aromatic rings. The molecule has 0 fully saturated rings. The van der Waals surface area contributed by atoms with E-state index in [1.165, 1.54) is 18.5 Å². The van der Waals surface area contributed by atoms with Crippen molar-refractivity contribution < 1.29 is 12.8 Å². The molecule has 2 heterocycles. The summed E-state index contributed by atoms with van der Waals surface area (Å²) in [5.41, 5.74) is 2.31. The van der Waals surface area contributed by atoms with Crippen LogP contribution in [-0.4, -0.2) is 41.3 Å². The summed E-state index contributed by atoms with van der Waals surface area (Å²) >= 11 is 0. The molecule has 0 atom stereocenters. The van der Waals surface area contributed by atoms with E-state index in [-0.39, 0.29) is 11.4 Å². The molecule has 3 rings (SSSR count). The van der Waals surface area contributed by atoms with Gasteiger partial charge in [-0.2, -0.15) is 5.10 Å². The van der Waals surface area contributed by atoms with Crippen LogP contribution >= 0.6 is 0 Å². The fourth-order valence-electron chi connectivity index (χ4n) is 2.74. The van der Waals surface area contributed by atoms with Crippen LogP contribution in [-0.2, 0) is 10.0 Å². The Morgan fingerprint density at radius 2 is 1.86 bits per heavy atom. The molecule has 0 amide bonds. The molecule has 2 aromatic heterocycles. The first-order chi connectivity index (χ1) is 13.3. The molecule has 0 spiro atoms. The lowest BCUT2D eigenvalue weighted by Gasteiger charge is -2.11. The summed E-state index contributed by atoms with van der Waals surface area (Å²) in [5.74, 6) is 0.555. The van der Waals surface area contributed by atoms with Gasteiger partial charge >= 0.3 is 0 Å². The molecule has 8 nitrogen and oxygen atoms in total. The van der Waals surface area contributed by atoms with Crippen LogP contribution in [0.2, 0.25) is 0 Å². The predicted molar refractivity (Wildman–Crippen MR) is 103 cm³/mol. The Morgan fingerprint density at radius 3 is 2.57 bits per heavy atom. The summed E-state index contributed by atoms with van der Waals surface area (Å²) < 4.78 is 42.2. The first kappa shape index (κ1) is 19.9. The zero-order valence-electron chi connectivity index (χ0n) is 15.8. The number of sulfonamides is 1. The van der Waals surface area contributed by atoms with E-state index in [9.17, 15) is 12.8 Å². The second-order valence-corrected chi connectivity index (χ2v) is 8.07. The molecule has 0 bridgehead atoms. The lowest BCUT2D eigenvalue weighted by molar-refractivity contribution is 0.578. The van der Waals surface area contributed by atoms with Crippen LogP contribution in [0.15, 0.2) is 41.6 Å². The number of aryl methyl sites for hydroxylation is 3. The third-order valence-electron chi connectivity index (χ3n) is 4.04. The van der Waals surface area contributed by atoms with Gasteiger partial charge in [0.1, 0.15) is 18.0 Å². The van der Waals surface area contributed by atoms with Crippen molar-refractivity contribution in [1.29, 1.82) is 0 Å². The monoisotopic (exact) mass is 404 g/mol. The Bertz CT molecular complexity index is 1100. The number of rotatable bonds is 7. The van der Waals surface area contributed by atoms with Gasteiger partial charge < -0.3 is 5.32 Å². The molecule has 28 heavy (non-hydrogen) atoms. The SMILES string of the molecule is Cc1cc(C)n(-c2cc(NCCNS(=O)(=O)c3cc(F)ccc3C)ncn2)n1. The van der Waals surface area contributed by atoms with Crippen LogP contribution in [0.1, 0.15) is 17.0 Å². The van der Waals surface area contributed by atoms with Crippen LogP contribution in [0, 0.1) is 26.6 Å². The summed E-state index contributed by atoms with van der Waals surface area (Å²) in [6.45, 7) is 5.85. The van der Waals surface area contributed by atoms with Crippen molar-refractivity contribution in [1.82, 2.24) is 24.5 Å². The van der Waals surface area contributed by atoms with Gasteiger partial charge in [-0.1, -0.05) is 6.07 Å². The number of aromatic nitrogens is 4. The van der Waals surface area contributed by atoms with Crippen molar-refractivity contribution in [3.63, 3.8) is 0 Å². The topological polar surface area (TPSA) is 102 Å². The minimum atomic E-state index is -3.80. The summed E-state index contributed by atoms with van der Waals surface area (Å²) in [7, 11) is -3.80. The largest absolute Gasteiger partial charge is 0.369 e. The van der Waals surface area contributed by atoms with Gasteiger partial charge in [-0.25, -0.2) is 32.2 Å². The number of anilines is 1. The molecule has 0 saturated heterocycles. The molecular weight excluding hydrogens is 383 g/mol. The molecule has 0 unspecified atom stereocenters. The molecule has 10 heteroatoms. The second-order valence-electron chi connectivity index (χ2n) is 6.33. The molecule has 0 aliphatic carbocycles. The number of nitrogens with one attached hydrogen (secondary N) is 2. The van der Waals surface area contributed by atoms with E-state index in [0.29, 0.717) is 23.7 Å². The number of benzene rings is 1. The molecule has 148 valence electrons. The summed E-state index contributed by atoms with van der Waals surface area (Å²) in [6.07, 6.45) is 1.41. The second kappa shape index (κ2) is 8.03. The number of nitrogens with zero attached hydrogens (tertiary/aromatic N) is 4.